The zero-order valence-electron chi connectivity index (χ0n) is 20.5. The second-order valence-corrected chi connectivity index (χ2v) is 9.16. The fourth-order valence-electron chi connectivity index (χ4n) is 4.62. The number of nitrogens with zero attached hydrogens (tertiary/aromatic N) is 5. The van der Waals surface area contributed by atoms with Crippen LogP contribution in [0.25, 0.3) is 11.3 Å². The van der Waals surface area contributed by atoms with Gasteiger partial charge in [-0.3, -0.25) is 0 Å². The molecule has 0 saturated carbocycles. The number of anilines is 4. The molecule has 0 amide bonds. The molecule has 5 rings (SSSR count). The second-order valence-electron chi connectivity index (χ2n) is 9.16. The number of aromatic nitrogens is 2. The van der Waals surface area contributed by atoms with Crippen LogP contribution in [0.1, 0.15) is 19.4 Å². The molecule has 2 aliphatic heterocycles. The lowest BCUT2D eigenvalue weighted by atomic mass is 10.0. The van der Waals surface area contributed by atoms with E-state index >= 15 is 4.39 Å². The Morgan fingerprint density at radius 2 is 1.81 bits per heavy atom. The minimum absolute atomic E-state index is 0.0580. The predicted octanol–water partition coefficient (Wildman–Crippen LogP) is 4.19. The van der Waals surface area contributed by atoms with Gasteiger partial charge in [0, 0.05) is 49.9 Å². The molecule has 0 aliphatic carbocycles. The van der Waals surface area contributed by atoms with Crippen LogP contribution in [0.4, 0.5) is 36.2 Å². The van der Waals surface area contributed by atoms with Crippen LogP contribution >= 0.6 is 0 Å². The maximum absolute atomic E-state index is 15.0. The first kappa shape index (κ1) is 24.6. The van der Waals surface area contributed by atoms with Crippen LogP contribution in [-0.4, -0.2) is 55.3 Å². The third kappa shape index (κ3) is 4.84. The molecule has 8 nitrogen and oxygen atoms in total. The lowest BCUT2D eigenvalue weighted by molar-refractivity contribution is 0.287. The molecule has 0 radical (unpaired) electrons. The Balaban J connectivity index is 1.50. The van der Waals surface area contributed by atoms with E-state index in [4.69, 9.17) is 4.74 Å². The summed E-state index contributed by atoms with van der Waals surface area (Å²) < 4.78 is 50.4. The van der Waals surface area contributed by atoms with Gasteiger partial charge in [-0.15, -0.1) is 0 Å². The molecule has 1 fully saturated rings. The van der Waals surface area contributed by atoms with Gasteiger partial charge in [0.15, 0.2) is 11.6 Å². The molecule has 3 heterocycles. The van der Waals surface area contributed by atoms with Crippen molar-refractivity contribution in [2.75, 3.05) is 54.4 Å². The van der Waals surface area contributed by atoms with E-state index < -0.39 is 17.5 Å². The van der Waals surface area contributed by atoms with E-state index in [1.54, 1.807) is 11.0 Å². The van der Waals surface area contributed by atoms with Gasteiger partial charge in [-0.2, -0.15) is 5.26 Å². The molecule has 1 aromatic heterocycles. The maximum atomic E-state index is 15.0. The van der Waals surface area contributed by atoms with Crippen LogP contribution in [-0.2, 0) is 0 Å². The van der Waals surface area contributed by atoms with Gasteiger partial charge in [0.25, 0.3) is 0 Å². The number of nitrogens with one attached hydrogen (secondary N) is 2. The van der Waals surface area contributed by atoms with Gasteiger partial charge in [-0.25, -0.2) is 23.1 Å². The predicted molar refractivity (Wildman–Crippen MR) is 135 cm³/mol. The molecule has 3 aromatic rings. The van der Waals surface area contributed by atoms with Crippen molar-refractivity contribution in [2.24, 2.45) is 0 Å². The number of nitriles is 1. The Labute approximate surface area is 212 Å². The quantitative estimate of drug-likeness (QED) is 0.529. The summed E-state index contributed by atoms with van der Waals surface area (Å²) in [5.41, 5.74) is 1.21. The molecule has 0 atom stereocenters. The fraction of sp³-hybridized carbons (Fsp3) is 0.346. The standard InChI is InChI=1S/C26H26F3N7O/c1-15(2)36-7-8-37-25-20(29)9-16(10-23(25)36)24-17(13-30)14-32-26(34-24)33-21-11-19(28)22(12-18(21)27)35-5-3-31-4-6-35/h9-12,14-15,31H,3-8H2,1-2H3,(H,32,33,34). The van der Waals surface area contributed by atoms with Crippen LogP contribution in [0, 0.1) is 28.8 Å². The Bertz CT molecular complexity index is 1370. The largest absolute Gasteiger partial charge is 0.486 e. The van der Waals surface area contributed by atoms with Crippen LogP contribution in [0.2, 0.25) is 0 Å². The molecule has 2 aliphatic rings. The minimum Gasteiger partial charge on any atom is -0.486 e. The van der Waals surface area contributed by atoms with Gasteiger partial charge in [-0.05, 0) is 26.0 Å². The van der Waals surface area contributed by atoms with Crippen LogP contribution in [0.3, 0.4) is 0 Å². The third-order valence-electron chi connectivity index (χ3n) is 6.46. The van der Waals surface area contributed by atoms with Gasteiger partial charge < -0.3 is 25.2 Å². The average Bonchev–Trinajstić information content (AvgIpc) is 2.90. The zero-order chi connectivity index (χ0) is 26.1. The molecule has 2 aromatic carbocycles. The molecule has 0 spiro atoms. The summed E-state index contributed by atoms with van der Waals surface area (Å²) in [7, 11) is 0. The van der Waals surface area contributed by atoms with Crippen LogP contribution < -0.4 is 25.2 Å². The zero-order valence-corrected chi connectivity index (χ0v) is 20.5. The summed E-state index contributed by atoms with van der Waals surface area (Å²) >= 11 is 0. The van der Waals surface area contributed by atoms with E-state index in [0.717, 1.165) is 12.1 Å². The van der Waals surface area contributed by atoms with Gasteiger partial charge in [0.1, 0.15) is 24.3 Å². The summed E-state index contributed by atoms with van der Waals surface area (Å²) in [6.07, 6.45) is 1.27. The molecule has 37 heavy (non-hydrogen) atoms. The van der Waals surface area contributed by atoms with Crippen molar-refractivity contribution in [3.63, 3.8) is 0 Å². The minimum atomic E-state index is -0.672. The summed E-state index contributed by atoms with van der Waals surface area (Å²) in [5.74, 6) is -1.74. The summed E-state index contributed by atoms with van der Waals surface area (Å²) in [6, 6.07) is 7.28. The summed E-state index contributed by atoms with van der Waals surface area (Å²) in [5, 5.41) is 15.5. The smallest absolute Gasteiger partial charge is 0.227 e. The lowest BCUT2D eigenvalue weighted by Gasteiger charge is -2.34. The number of piperazine rings is 1. The first-order chi connectivity index (χ1) is 17.9. The summed E-state index contributed by atoms with van der Waals surface area (Å²) in [4.78, 5) is 12.3. The number of rotatable bonds is 5. The fourth-order valence-corrected chi connectivity index (χ4v) is 4.62. The van der Waals surface area contributed by atoms with Crippen molar-refractivity contribution in [3.8, 4) is 23.1 Å². The van der Waals surface area contributed by atoms with Crippen LogP contribution in [0.15, 0.2) is 30.5 Å². The number of hydrogen-bond donors (Lipinski definition) is 2. The lowest BCUT2D eigenvalue weighted by Crippen LogP contribution is -2.43. The highest BCUT2D eigenvalue weighted by Crippen LogP contribution is 2.39. The Kier molecular flexibility index (Phi) is 6.76. The van der Waals surface area contributed by atoms with E-state index in [1.165, 1.54) is 12.3 Å². The number of hydrogen-bond acceptors (Lipinski definition) is 8. The molecular weight excluding hydrogens is 483 g/mol. The van der Waals surface area contributed by atoms with Crippen molar-refractivity contribution in [2.45, 2.75) is 19.9 Å². The number of benzene rings is 2. The number of fused-ring (bicyclic) bond motifs is 1. The van der Waals surface area contributed by atoms with E-state index in [1.807, 2.05) is 24.8 Å². The van der Waals surface area contributed by atoms with Gasteiger partial charge in [0.2, 0.25) is 5.95 Å². The molecular formula is C26H26F3N7O. The monoisotopic (exact) mass is 509 g/mol. The second kappa shape index (κ2) is 10.1. The highest BCUT2D eigenvalue weighted by atomic mass is 19.1. The molecule has 0 unspecified atom stereocenters. The van der Waals surface area contributed by atoms with E-state index in [-0.39, 0.29) is 40.4 Å². The van der Waals surface area contributed by atoms with Crippen molar-refractivity contribution in [3.05, 3.63) is 53.5 Å². The number of ether oxygens (including phenoxy) is 1. The highest BCUT2D eigenvalue weighted by molar-refractivity contribution is 5.76. The third-order valence-corrected chi connectivity index (χ3v) is 6.46. The van der Waals surface area contributed by atoms with E-state index in [2.05, 4.69) is 20.6 Å². The van der Waals surface area contributed by atoms with Crippen molar-refractivity contribution in [1.29, 1.82) is 5.26 Å². The van der Waals surface area contributed by atoms with E-state index in [0.29, 0.717) is 50.6 Å². The Morgan fingerprint density at radius 1 is 1.03 bits per heavy atom. The maximum Gasteiger partial charge on any atom is 0.227 e. The summed E-state index contributed by atoms with van der Waals surface area (Å²) in [6.45, 7) is 7.46. The molecule has 192 valence electrons. The Morgan fingerprint density at radius 3 is 2.54 bits per heavy atom. The molecule has 1 saturated heterocycles. The highest BCUT2D eigenvalue weighted by Gasteiger charge is 2.26. The molecule has 11 heteroatoms. The van der Waals surface area contributed by atoms with Gasteiger partial charge in [0.05, 0.1) is 41.1 Å². The molecule has 2 N–H and O–H groups in total. The van der Waals surface area contributed by atoms with Gasteiger partial charge in [-0.1, -0.05) is 0 Å². The normalized spacial score (nSPS) is 15.3. The van der Waals surface area contributed by atoms with Crippen LogP contribution in [0.5, 0.6) is 5.75 Å². The van der Waals surface area contributed by atoms with E-state index in [9.17, 15) is 14.0 Å². The topological polar surface area (TPSA) is 89.3 Å². The Hall–Kier alpha value is -4.04. The molecule has 0 bridgehead atoms. The SMILES string of the molecule is CC(C)N1CCOc2c(F)cc(-c3nc(Nc4cc(F)c(N5CCNCC5)cc4F)ncc3C#N)cc21. The average molecular weight is 510 g/mol. The first-order valence-electron chi connectivity index (χ1n) is 12.1. The number of halogens is 3. The first-order valence-corrected chi connectivity index (χ1v) is 12.1. The van der Waals surface area contributed by atoms with Crippen molar-refractivity contribution in [1.82, 2.24) is 15.3 Å². The van der Waals surface area contributed by atoms with Crippen molar-refractivity contribution < 1.29 is 17.9 Å². The van der Waals surface area contributed by atoms with Crippen molar-refractivity contribution >= 4 is 23.0 Å². The van der Waals surface area contributed by atoms with Gasteiger partial charge >= 0.3 is 0 Å².